The van der Waals surface area contributed by atoms with E-state index < -0.39 is 0 Å². The van der Waals surface area contributed by atoms with Gasteiger partial charge in [0.25, 0.3) is 0 Å². The first-order valence-electron chi connectivity index (χ1n) is 7.40. The van der Waals surface area contributed by atoms with Gasteiger partial charge in [-0.05, 0) is 57.4 Å². The van der Waals surface area contributed by atoms with E-state index in [0.29, 0.717) is 12.1 Å². The largest absolute Gasteiger partial charge is 0.314 e. The molecule has 0 amide bonds. The molecule has 1 fully saturated rings. The van der Waals surface area contributed by atoms with Crippen molar-refractivity contribution in [2.45, 2.75) is 57.7 Å². The van der Waals surface area contributed by atoms with Crippen LogP contribution in [0.3, 0.4) is 0 Å². The van der Waals surface area contributed by atoms with Crippen LogP contribution in [-0.2, 0) is 0 Å². The van der Waals surface area contributed by atoms with Crippen molar-refractivity contribution in [1.29, 1.82) is 0 Å². The van der Waals surface area contributed by atoms with E-state index in [-0.39, 0.29) is 11.9 Å². The van der Waals surface area contributed by atoms with Crippen LogP contribution in [0.25, 0.3) is 0 Å². The fourth-order valence-electron chi connectivity index (χ4n) is 2.89. The molecule has 2 rings (SSSR count). The molecule has 1 aromatic carbocycles. The van der Waals surface area contributed by atoms with Crippen molar-refractivity contribution in [2.24, 2.45) is 0 Å². The molecule has 0 aromatic heterocycles. The molecular weight excluding hydrogens is 239 g/mol. The van der Waals surface area contributed by atoms with Gasteiger partial charge in [-0.1, -0.05) is 18.6 Å². The lowest BCUT2D eigenvalue weighted by atomic mass is 9.98. The normalized spacial score (nSPS) is 23.0. The van der Waals surface area contributed by atoms with Gasteiger partial charge >= 0.3 is 0 Å². The summed E-state index contributed by atoms with van der Waals surface area (Å²) in [5.74, 6) is -0.171. The fraction of sp³-hybridized carbons (Fsp3) is 0.625. The molecule has 1 aliphatic rings. The minimum atomic E-state index is -0.171. The molecule has 3 heteroatoms. The summed E-state index contributed by atoms with van der Waals surface area (Å²) < 4.78 is 12.9. The third-order valence-electron chi connectivity index (χ3n) is 3.95. The molecule has 106 valence electrons. The Hall–Kier alpha value is -0.930. The van der Waals surface area contributed by atoms with E-state index in [4.69, 9.17) is 0 Å². The van der Waals surface area contributed by atoms with Crippen molar-refractivity contribution in [2.75, 3.05) is 6.54 Å². The zero-order valence-corrected chi connectivity index (χ0v) is 12.0. The van der Waals surface area contributed by atoms with Crippen molar-refractivity contribution >= 4 is 0 Å². The van der Waals surface area contributed by atoms with Crippen LogP contribution in [0.15, 0.2) is 24.3 Å². The molecule has 0 spiro atoms. The highest BCUT2D eigenvalue weighted by molar-refractivity contribution is 5.19. The van der Waals surface area contributed by atoms with Crippen molar-refractivity contribution in [3.8, 4) is 0 Å². The third-order valence-corrected chi connectivity index (χ3v) is 3.95. The van der Waals surface area contributed by atoms with Crippen molar-refractivity contribution in [3.63, 3.8) is 0 Å². The summed E-state index contributed by atoms with van der Waals surface area (Å²) in [5.41, 5.74) is 1.14. The summed E-state index contributed by atoms with van der Waals surface area (Å²) >= 11 is 0. The summed E-state index contributed by atoms with van der Waals surface area (Å²) in [5, 5.41) is 7.18. The molecule has 0 bridgehead atoms. The second kappa shape index (κ2) is 7.01. The lowest BCUT2D eigenvalue weighted by Gasteiger charge is -2.28. The zero-order chi connectivity index (χ0) is 13.7. The second-order valence-electron chi connectivity index (χ2n) is 5.72. The van der Waals surface area contributed by atoms with Gasteiger partial charge in [0, 0.05) is 18.1 Å². The number of hydrogen-bond acceptors (Lipinski definition) is 2. The molecule has 1 heterocycles. The van der Waals surface area contributed by atoms with E-state index in [1.807, 2.05) is 12.1 Å². The van der Waals surface area contributed by atoms with Gasteiger partial charge in [0.05, 0.1) is 0 Å². The maximum Gasteiger partial charge on any atom is 0.123 e. The van der Waals surface area contributed by atoms with Crippen LogP contribution in [0.2, 0.25) is 0 Å². The number of rotatable bonds is 5. The molecule has 1 aromatic rings. The van der Waals surface area contributed by atoms with E-state index >= 15 is 0 Å². The minimum absolute atomic E-state index is 0.171. The maximum atomic E-state index is 12.9. The standard InChI is InChI=1S/C16H25FN2/c1-12(11-16-5-3-4-10-18-16)19-13(2)14-6-8-15(17)9-7-14/h6-9,12-13,16,18-19H,3-5,10-11H2,1-2H3/t12?,13-,16?/m0/s1. The molecule has 19 heavy (non-hydrogen) atoms. The van der Waals surface area contributed by atoms with Crippen LogP contribution in [0.4, 0.5) is 4.39 Å². The minimum Gasteiger partial charge on any atom is -0.314 e. The zero-order valence-electron chi connectivity index (χ0n) is 12.0. The average Bonchev–Trinajstić information content (AvgIpc) is 2.40. The van der Waals surface area contributed by atoms with Gasteiger partial charge in [0.15, 0.2) is 0 Å². The van der Waals surface area contributed by atoms with Crippen LogP contribution in [-0.4, -0.2) is 18.6 Å². The Morgan fingerprint density at radius 2 is 2.00 bits per heavy atom. The lowest BCUT2D eigenvalue weighted by molar-refractivity contribution is 0.334. The van der Waals surface area contributed by atoms with Crippen molar-refractivity contribution < 1.29 is 4.39 Å². The Kier molecular flexibility index (Phi) is 5.34. The summed E-state index contributed by atoms with van der Waals surface area (Å²) in [4.78, 5) is 0. The van der Waals surface area contributed by atoms with Crippen LogP contribution in [0, 0.1) is 5.82 Å². The van der Waals surface area contributed by atoms with Crippen LogP contribution >= 0.6 is 0 Å². The van der Waals surface area contributed by atoms with Gasteiger partial charge in [-0.25, -0.2) is 4.39 Å². The predicted molar refractivity (Wildman–Crippen MR) is 77.7 cm³/mol. The molecular formula is C16H25FN2. The van der Waals surface area contributed by atoms with Gasteiger partial charge in [0.1, 0.15) is 5.82 Å². The van der Waals surface area contributed by atoms with Crippen LogP contribution < -0.4 is 10.6 Å². The van der Waals surface area contributed by atoms with E-state index in [9.17, 15) is 4.39 Å². The number of halogens is 1. The Morgan fingerprint density at radius 1 is 1.26 bits per heavy atom. The van der Waals surface area contributed by atoms with Gasteiger partial charge < -0.3 is 10.6 Å². The Labute approximate surface area is 115 Å². The van der Waals surface area contributed by atoms with Gasteiger partial charge in [-0.2, -0.15) is 0 Å². The Bertz CT molecular complexity index is 371. The van der Waals surface area contributed by atoms with Crippen molar-refractivity contribution in [1.82, 2.24) is 10.6 Å². The molecule has 2 unspecified atom stereocenters. The molecule has 2 N–H and O–H groups in total. The second-order valence-corrected chi connectivity index (χ2v) is 5.72. The van der Waals surface area contributed by atoms with Crippen molar-refractivity contribution in [3.05, 3.63) is 35.6 Å². The molecule has 0 radical (unpaired) electrons. The molecule has 3 atom stereocenters. The first-order valence-corrected chi connectivity index (χ1v) is 7.40. The Morgan fingerprint density at radius 3 is 2.63 bits per heavy atom. The summed E-state index contributed by atoms with van der Waals surface area (Å²) in [7, 11) is 0. The smallest absolute Gasteiger partial charge is 0.123 e. The summed E-state index contributed by atoms with van der Waals surface area (Å²) in [6.07, 6.45) is 5.10. The number of piperidine rings is 1. The summed E-state index contributed by atoms with van der Waals surface area (Å²) in [6, 6.07) is 8.16. The van der Waals surface area contributed by atoms with Gasteiger partial charge in [-0.3, -0.25) is 0 Å². The summed E-state index contributed by atoms with van der Waals surface area (Å²) in [6.45, 7) is 5.53. The monoisotopic (exact) mass is 264 g/mol. The van der Waals surface area contributed by atoms with Crippen LogP contribution in [0.5, 0.6) is 0 Å². The van der Waals surface area contributed by atoms with Gasteiger partial charge in [-0.15, -0.1) is 0 Å². The van der Waals surface area contributed by atoms with E-state index in [1.165, 1.54) is 31.4 Å². The lowest BCUT2D eigenvalue weighted by Crippen LogP contribution is -2.40. The van der Waals surface area contributed by atoms with E-state index in [2.05, 4.69) is 24.5 Å². The van der Waals surface area contributed by atoms with Gasteiger partial charge in [0.2, 0.25) is 0 Å². The molecule has 2 nitrogen and oxygen atoms in total. The number of nitrogens with one attached hydrogen (secondary N) is 2. The highest BCUT2D eigenvalue weighted by atomic mass is 19.1. The predicted octanol–water partition coefficient (Wildman–Crippen LogP) is 3.40. The highest BCUT2D eigenvalue weighted by Gasteiger charge is 2.17. The highest BCUT2D eigenvalue weighted by Crippen LogP contribution is 2.16. The van der Waals surface area contributed by atoms with E-state index in [0.717, 1.165) is 18.5 Å². The first kappa shape index (κ1) is 14.5. The first-order chi connectivity index (χ1) is 9.15. The van der Waals surface area contributed by atoms with E-state index in [1.54, 1.807) is 0 Å². The molecule has 0 saturated carbocycles. The number of hydrogen-bond donors (Lipinski definition) is 2. The fourth-order valence-corrected chi connectivity index (χ4v) is 2.89. The number of benzene rings is 1. The van der Waals surface area contributed by atoms with Crippen LogP contribution in [0.1, 0.15) is 51.1 Å². The topological polar surface area (TPSA) is 24.1 Å². The SMILES string of the molecule is CC(CC1CCCCN1)N[C@@H](C)c1ccc(F)cc1. The average molecular weight is 264 g/mol. The maximum absolute atomic E-state index is 12.9. The Balaban J connectivity index is 1.80. The molecule has 1 aliphatic heterocycles. The quantitative estimate of drug-likeness (QED) is 0.851. The molecule has 0 aliphatic carbocycles. The molecule has 1 saturated heterocycles. The third kappa shape index (κ3) is 4.59.